The smallest absolute Gasteiger partial charge is 0.225 e. The van der Waals surface area contributed by atoms with E-state index in [1.165, 1.54) is 5.56 Å². The maximum atomic E-state index is 13.0. The van der Waals surface area contributed by atoms with Crippen molar-refractivity contribution in [2.24, 2.45) is 5.92 Å². The molecule has 2 aromatic rings. The minimum absolute atomic E-state index is 0.0728. The first-order valence-electron chi connectivity index (χ1n) is 8.73. The monoisotopic (exact) mass is 338 g/mol. The molecule has 0 spiro atoms. The highest BCUT2D eigenvalue weighted by Gasteiger charge is 2.36. The van der Waals surface area contributed by atoms with E-state index in [-0.39, 0.29) is 17.7 Å². The second kappa shape index (κ2) is 7.28. The maximum Gasteiger partial charge on any atom is 0.225 e. The summed E-state index contributed by atoms with van der Waals surface area (Å²) < 4.78 is 5.23. The molecule has 2 aromatic carbocycles. The molecule has 1 aliphatic rings. The van der Waals surface area contributed by atoms with Gasteiger partial charge in [-0.15, -0.1) is 0 Å². The van der Waals surface area contributed by atoms with Gasteiger partial charge < -0.3 is 15.4 Å². The van der Waals surface area contributed by atoms with Crippen LogP contribution in [-0.4, -0.2) is 26.1 Å². The summed E-state index contributed by atoms with van der Waals surface area (Å²) in [5.41, 5.74) is 1.88. The molecule has 2 N–H and O–H groups in total. The highest BCUT2D eigenvalue weighted by molar-refractivity contribution is 5.81. The first-order chi connectivity index (χ1) is 12.0. The Kier molecular flexibility index (Phi) is 5.09. The largest absolute Gasteiger partial charge is 0.497 e. The molecular formula is C21H26N2O2. The van der Waals surface area contributed by atoms with E-state index < -0.39 is 5.54 Å². The lowest BCUT2D eigenvalue weighted by Gasteiger charge is -2.30. The van der Waals surface area contributed by atoms with Crippen LogP contribution in [0.2, 0.25) is 0 Å². The summed E-state index contributed by atoms with van der Waals surface area (Å²) in [6, 6.07) is 18.1. The third-order valence-corrected chi connectivity index (χ3v) is 5.03. The second-order valence-electron chi connectivity index (χ2n) is 7.12. The zero-order chi connectivity index (χ0) is 17.9. The minimum Gasteiger partial charge on any atom is -0.497 e. The van der Waals surface area contributed by atoms with Crippen LogP contribution in [0.5, 0.6) is 5.75 Å². The van der Waals surface area contributed by atoms with Crippen molar-refractivity contribution in [2.45, 2.75) is 25.3 Å². The van der Waals surface area contributed by atoms with Crippen molar-refractivity contribution in [3.05, 3.63) is 65.7 Å². The summed E-state index contributed by atoms with van der Waals surface area (Å²) in [6.45, 7) is 5.61. The Labute approximate surface area is 149 Å². The summed E-state index contributed by atoms with van der Waals surface area (Å²) in [7, 11) is 1.66. The van der Waals surface area contributed by atoms with E-state index >= 15 is 0 Å². The fourth-order valence-corrected chi connectivity index (χ4v) is 3.48. The molecule has 0 aliphatic carbocycles. The molecule has 2 atom stereocenters. The summed E-state index contributed by atoms with van der Waals surface area (Å²) in [5.74, 6) is 1.04. The predicted molar refractivity (Wildman–Crippen MR) is 99.7 cm³/mol. The number of hydrogen-bond donors (Lipinski definition) is 2. The average molecular weight is 338 g/mol. The van der Waals surface area contributed by atoms with Crippen LogP contribution in [0.25, 0.3) is 0 Å². The van der Waals surface area contributed by atoms with E-state index in [4.69, 9.17) is 4.74 Å². The van der Waals surface area contributed by atoms with Crippen LogP contribution in [-0.2, 0) is 10.3 Å². The fraction of sp³-hybridized carbons (Fsp3) is 0.381. The molecule has 0 saturated carbocycles. The third kappa shape index (κ3) is 3.85. The number of hydrogen-bond acceptors (Lipinski definition) is 3. The van der Waals surface area contributed by atoms with Gasteiger partial charge in [0.2, 0.25) is 5.91 Å². The van der Waals surface area contributed by atoms with E-state index in [2.05, 4.69) is 22.8 Å². The Bertz CT molecular complexity index is 710. The van der Waals surface area contributed by atoms with Crippen LogP contribution in [0.3, 0.4) is 0 Å². The molecule has 1 amide bonds. The molecular weight excluding hydrogens is 312 g/mol. The van der Waals surface area contributed by atoms with Crippen LogP contribution < -0.4 is 15.4 Å². The maximum absolute atomic E-state index is 13.0. The molecule has 4 nitrogen and oxygen atoms in total. The molecule has 0 bridgehead atoms. The van der Waals surface area contributed by atoms with Gasteiger partial charge in [-0.25, -0.2) is 0 Å². The quantitative estimate of drug-likeness (QED) is 0.881. The van der Waals surface area contributed by atoms with E-state index in [9.17, 15) is 4.79 Å². The van der Waals surface area contributed by atoms with E-state index in [1.54, 1.807) is 7.11 Å². The number of carbonyl (C=O) groups excluding carboxylic acids is 1. The lowest BCUT2D eigenvalue weighted by Crippen LogP contribution is -2.45. The molecule has 132 valence electrons. The van der Waals surface area contributed by atoms with Gasteiger partial charge in [0.1, 0.15) is 5.75 Å². The van der Waals surface area contributed by atoms with Crippen molar-refractivity contribution in [1.82, 2.24) is 10.6 Å². The number of nitrogens with one attached hydrogen (secondary N) is 2. The summed E-state index contributed by atoms with van der Waals surface area (Å²) in [5, 5.41) is 6.60. The molecule has 0 radical (unpaired) electrons. The lowest BCUT2D eigenvalue weighted by atomic mass is 9.86. The van der Waals surface area contributed by atoms with Gasteiger partial charge in [0.15, 0.2) is 0 Å². The zero-order valence-corrected chi connectivity index (χ0v) is 15.1. The Morgan fingerprint density at radius 3 is 2.40 bits per heavy atom. The van der Waals surface area contributed by atoms with Crippen molar-refractivity contribution in [3.8, 4) is 5.75 Å². The topological polar surface area (TPSA) is 50.4 Å². The molecule has 3 rings (SSSR count). The van der Waals surface area contributed by atoms with Crippen LogP contribution in [0, 0.1) is 5.92 Å². The van der Waals surface area contributed by atoms with Crippen molar-refractivity contribution in [3.63, 3.8) is 0 Å². The predicted octanol–water partition coefficient (Wildman–Crippen LogP) is 3.05. The SMILES string of the molecule is COc1ccc([C@H]2CNC[C@@H]2C(=O)NC(C)(C)c2ccccc2)cc1. The Morgan fingerprint density at radius 2 is 1.76 bits per heavy atom. The lowest BCUT2D eigenvalue weighted by molar-refractivity contribution is -0.126. The first kappa shape index (κ1) is 17.5. The fourth-order valence-electron chi connectivity index (χ4n) is 3.48. The summed E-state index contributed by atoms with van der Waals surface area (Å²) in [4.78, 5) is 13.0. The van der Waals surface area contributed by atoms with Crippen molar-refractivity contribution in [2.75, 3.05) is 20.2 Å². The number of benzene rings is 2. The molecule has 0 aromatic heterocycles. The van der Waals surface area contributed by atoms with Gasteiger partial charge in [-0.3, -0.25) is 4.79 Å². The van der Waals surface area contributed by atoms with E-state index in [1.807, 2.05) is 56.3 Å². The van der Waals surface area contributed by atoms with Gasteiger partial charge >= 0.3 is 0 Å². The second-order valence-corrected chi connectivity index (χ2v) is 7.12. The highest BCUT2D eigenvalue weighted by atomic mass is 16.5. The van der Waals surface area contributed by atoms with Gasteiger partial charge in [-0.2, -0.15) is 0 Å². The summed E-state index contributed by atoms with van der Waals surface area (Å²) >= 11 is 0. The Balaban J connectivity index is 1.74. The van der Waals surface area contributed by atoms with Gasteiger partial charge in [-0.05, 0) is 37.1 Å². The van der Waals surface area contributed by atoms with Crippen LogP contribution in [0.4, 0.5) is 0 Å². The number of carbonyl (C=O) groups is 1. The number of ether oxygens (including phenoxy) is 1. The van der Waals surface area contributed by atoms with E-state index in [0.717, 1.165) is 17.9 Å². The molecule has 1 heterocycles. The van der Waals surface area contributed by atoms with Crippen LogP contribution >= 0.6 is 0 Å². The Morgan fingerprint density at radius 1 is 1.08 bits per heavy atom. The van der Waals surface area contributed by atoms with Crippen molar-refractivity contribution in [1.29, 1.82) is 0 Å². The molecule has 4 heteroatoms. The highest BCUT2D eigenvalue weighted by Crippen LogP contribution is 2.31. The standard InChI is InChI=1S/C21H26N2O2/c1-21(2,16-7-5-4-6-8-16)23-20(24)19-14-22-13-18(19)15-9-11-17(25-3)12-10-15/h4-12,18-19,22H,13-14H2,1-3H3,(H,23,24)/t18-,19+/m1/s1. The van der Waals surface area contributed by atoms with Crippen molar-refractivity contribution >= 4 is 5.91 Å². The van der Waals surface area contributed by atoms with Crippen LogP contribution in [0.15, 0.2) is 54.6 Å². The van der Waals surface area contributed by atoms with Crippen LogP contribution in [0.1, 0.15) is 30.9 Å². The van der Waals surface area contributed by atoms with E-state index in [0.29, 0.717) is 6.54 Å². The number of amides is 1. The number of methoxy groups -OCH3 is 1. The van der Waals surface area contributed by atoms with Gasteiger partial charge in [0.25, 0.3) is 0 Å². The normalized spacial score (nSPS) is 20.3. The molecule has 1 saturated heterocycles. The van der Waals surface area contributed by atoms with Gasteiger partial charge in [-0.1, -0.05) is 42.5 Å². The molecule has 1 aliphatic heterocycles. The molecule has 1 fully saturated rings. The average Bonchev–Trinajstić information content (AvgIpc) is 3.12. The first-order valence-corrected chi connectivity index (χ1v) is 8.73. The minimum atomic E-state index is -0.397. The third-order valence-electron chi connectivity index (χ3n) is 5.03. The zero-order valence-electron chi connectivity index (χ0n) is 15.1. The molecule has 0 unspecified atom stereocenters. The summed E-state index contributed by atoms with van der Waals surface area (Å²) in [6.07, 6.45) is 0. The Hall–Kier alpha value is -2.33. The molecule has 25 heavy (non-hydrogen) atoms. The number of rotatable bonds is 5. The van der Waals surface area contributed by atoms with Crippen molar-refractivity contribution < 1.29 is 9.53 Å². The van der Waals surface area contributed by atoms with Gasteiger partial charge in [0.05, 0.1) is 18.6 Å². The van der Waals surface area contributed by atoms with Gasteiger partial charge in [0, 0.05) is 19.0 Å².